The van der Waals surface area contributed by atoms with Crippen LogP contribution in [0.1, 0.15) is 12.0 Å². The number of benzene rings is 7. The van der Waals surface area contributed by atoms with Gasteiger partial charge in [-0.2, -0.15) is 0 Å². The van der Waals surface area contributed by atoms with E-state index in [1.165, 1.54) is 75.7 Å². The number of fused-ring (bicyclic) bond motifs is 5. The van der Waals surface area contributed by atoms with Crippen molar-refractivity contribution in [3.63, 3.8) is 0 Å². The summed E-state index contributed by atoms with van der Waals surface area (Å²) < 4.78 is 2.67. The first-order valence-corrected chi connectivity index (χ1v) is 17.9. The average Bonchev–Trinajstić information content (AvgIpc) is 3.78. The molecule has 1 aromatic heterocycles. The number of anilines is 2. The third-order valence-electron chi connectivity index (χ3n) is 10.5. The van der Waals surface area contributed by atoms with Gasteiger partial charge in [-0.05, 0) is 52.3 Å². The Balaban J connectivity index is 1.25. The highest BCUT2D eigenvalue weighted by atomic mass is 32.1. The van der Waals surface area contributed by atoms with Gasteiger partial charge < -0.3 is 4.90 Å². The minimum absolute atomic E-state index is 0.180. The van der Waals surface area contributed by atoms with E-state index in [4.69, 9.17) is 0 Å². The lowest BCUT2D eigenvalue weighted by Crippen LogP contribution is -2.35. The van der Waals surface area contributed by atoms with Gasteiger partial charge in [-0.1, -0.05) is 164 Å². The Morgan fingerprint density at radius 2 is 1.22 bits per heavy atom. The van der Waals surface area contributed by atoms with Crippen molar-refractivity contribution in [1.29, 1.82) is 0 Å². The number of allylic oxidation sites excluding steroid dienone is 2. The van der Waals surface area contributed by atoms with Crippen molar-refractivity contribution in [3.8, 4) is 22.3 Å². The van der Waals surface area contributed by atoms with Crippen molar-refractivity contribution < 1.29 is 0 Å². The quantitative estimate of drug-likeness (QED) is 0.174. The molecule has 0 N–H and O–H groups in total. The topological polar surface area (TPSA) is 3.24 Å². The molecule has 1 heterocycles. The third kappa shape index (κ3) is 4.59. The van der Waals surface area contributed by atoms with Crippen molar-refractivity contribution in [3.05, 3.63) is 188 Å². The van der Waals surface area contributed by atoms with E-state index < -0.39 is 0 Å². The van der Waals surface area contributed by atoms with Crippen LogP contribution in [0, 0.1) is 5.92 Å². The minimum Gasteiger partial charge on any atom is -0.330 e. The highest BCUT2D eigenvalue weighted by Gasteiger charge is 2.58. The molecule has 49 heavy (non-hydrogen) atoms. The molecule has 0 saturated heterocycles. The fourth-order valence-electron chi connectivity index (χ4n) is 8.04. The molecule has 1 saturated carbocycles. The number of rotatable bonds is 6. The molecule has 0 bridgehead atoms. The number of thiophene rings is 1. The second-order valence-electron chi connectivity index (χ2n) is 13.3. The molecule has 2 aliphatic rings. The second-order valence-corrected chi connectivity index (χ2v) is 14.4. The van der Waals surface area contributed by atoms with E-state index in [2.05, 4.69) is 187 Å². The molecule has 7 aromatic carbocycles. The molecule has 0 spiro atoms. The Kier molecular flexibility index (Phi) is 6.47. The zero-order valence-electron chi connectivity index (χ0n) is 27.0. The van der Waals surface area contributed by atoms with E-state index in [9.17, 15) is 0 Å². The fraction of sp³-hybridized carbons (Fsp3) is 0.0638. The van der Waals surface area contributed by atoms with Crippen LogP contribution in [0.4, 0.5) is 11.4 Å². The molecule has 0 radical (unpaired) electrons. The molecule has 10 rings (SSSR count). The summed E-state index contributed by atoms with van der Waals surface area (Å²) in [5.41, 5.74) is 9.89. The predicted molar refractivity (Wildman–Crippen MR) is 211 cm³/mol. The van der Waals surface area contributed by atoms with Gasteiger partial charge in [-0.25, -0.2) is 0 Å². The van der Waals surface area contributed by atoms with Gasteiger partial charge >= 0.3 is 0 Å². The number of hydrogen-bond acceptors (Lipinski definition) is 2. The largest absolute Gasteiger partial charge is 0.330 e. The van der Waals surface area contributed by atoms with Crippen LogP contribution < -0.4 is 4.90 Å². The van der Waals surface area contributed by atoms with E-state index in [1.807, 2.05) is 11.3 Å². The van der Waals surface area contributed by atoms with Crippen molar-refractivity contribution in [1.82, 2.24) is 0 Å². The van der Waals surface area contributed by atoms with E-state index in [0.29, 0.717) is 5.92 Å². The normalized spacial score (nSPS) is 18.0. The lowest BCUT2D eigenvalue weighted by atomic mass is 9.92. The summed E-state index contributed by atoms with van der Waals surface area (Å²) in [5, 5.41) is 5.18. The number of hydrogen-bond donors (Lipinski definition) is 0. The van der Waals surface area contributed by atoms with Crippen LogP contribution >= 0.6 is 11.3 Å². The van der Waals surface area contributed by atoms with Gasteiger partial charge in [0.25, 0.3) is 0 Å². The maximum atomic E-state index is 2.70. The van der Waals surface area contributed by atoms with Crippen molar-refractivity contribution in [2.75, 3.05) is 4.90 Å². The van der Waals surface area contributed by atoms with Gasteiger partial charge in [-0.15, -0.1) is 11.3 Å². The summed E-state index contributed by atoms with van der Waals surface area (Å²) in [6, 6.07) is 60.1. The van der Waals surface area contributed by atoms with Crippen LogP contribution in [0.3, 0.4) is 0 Å². The summed E-state index contributed by atoms with van der Waals surface area (Å²) in [6.45, 7) is 0. The molecule has 2 unspecified atom stereocenters. The van der Waals surface area contributed by atoms with Crippen molar-refractivity contribution >= 4 is 59.2 Å². The monoisotopic (exact) mass is 643 g/mol. The Labute approximate surface area is 290 Å². The summed E-state index contributed by atoms with van der Waals surface area (Å²) >= 11 is 1.90. The zero-order valence-corrected chi connectivity index (χ0v) is 27.8. The Morgan fingerprint density at radius 1 is 0.531 bits per heavy atom. The molecule has 1 fully saturated rings. The molecule has 8 aromatic rings. The number of nitrogens with zero attached hydrogens (tertiary/aromatic N) is 1. The van der Waals surface area contributed by atoms with E-state index >= 15 is 0 Å². The standard InChI is InChI=1S/C47H33NS/c1-3-13-32(14-4-1)35-25-26-39(41-21-12-22-42-40-20-9-10-24-45(40)49-46(41)42)44(30-35)48(43-23-11-18-34-17-7-8-19-38(34)43)47-28-27-36(29-37(47)31-47)33-15-5-2-6-16-33/h1-30,37H,31H2. The molecule has 1 nitrogen and oxygen atoms in total. The summed E-state index contributed by atoms with van der Waals surface area (Å²) in [6.07, 6.45) is 8.44. The third-order valence-corrected chi connectivity index (χ3v) is 11.8. The average molecular weight is 644 g/mol. The molecule has 2 heteroatoms. The molecule has 0 amide bonds. The summed E-state index contributed by atoms with van der Waals surface area (Å²) in [7, 11) is 0. The maximum Gasteiger partial charge on any atom is 0.0707 e. The molecule has 232 valence electrons. The van der Waals surface area contributed by atoms with Gasteiger partial charge in [0.05, 0.1) is 11.2 Å². The summed E-state index contributed by atoms with van der Waals surface area (Å²) in [5.74, 6) is 0.389. The predicted octanol–water partition coefficient (Wildman–Crippen LogP) is 13.1. The van der Waals surface area contributed by atoms with E-state index in [1.54, 1.807) is 0 Å². The van der Waals surface area contributed by atoms with Crippen molar-refractivity contribution in [2.45, 2.75) is 12.0 Å². The SMILES string of the molecule is C1=CC2(N(c3cc(-c4ccccc4)ccc3-c3cccc4c3sc3ccccc34)c3cccc4ccccc34)CC2C=C1c1ccccc1. The van der Waals surface area contributed by atoms with E-state index in [0.717, 1.165) is 6.42 Å². The highest BCUT2D eigenvalue weighted by Crippen LogP contribution is 2.60. The highest BCUT2D eigenvalue weighted by molar-refractivity contribution is 7.26. The smallest absolute Gasteiger partial charge is 0.0707 e. The Bertz CT molecular complexity index is 2590. The van der Waals surface area contributed by atoms with Gasteiger partial charge in [0.15, 0.2) is 0 Å². The molecular weight excluding hydrogens is 611 g/mol. The van der Waals surface area contributed by atoms with Crippen LogP contribution in [0.15, 0.2) is 182 Å². The Morgan fingerprint density at radius 3 is 2.06 bits per heavy atom. The molecule has 2 atom stereocenters. The minimum atomic E-state index is -0.180. The first-order valence-electron chi connectivity index (χ1n) is 17.1. The van der Waals surface area contributed by atoms with Crippen LogP contribution in [-0.4, -0.2) is 5.54 Å². The van der Waals surface area contributed by atoms with Crippen LogP contribution in [0.2, 0.25) is 0 Å². The van der Waals surface area contributed by atoms with Crippen LogP contribution in [-0.2, 0) is 0 Å². The van der Waals surface area contributed by atoms with Crippen molar-refractivity contribution in [2.24, 2.45) is 5.92 Å². The molecular formula is C47H33NS. The Hall–Kier alpha value is -5.70. The molecule has 2 aliphatic carbocycles. The van der Waals surface area contributed by atoms with Crippen LogP contribution in [0.25, 0.3) is 58.8 Å². The first-order chi connectivity index (χ1) is 24.3. The zero-order chi connectivity index (χ0) is 32.4. The maximum absolute atomic E-state index is 2.70. The van der Waals surface area contributed by atoms with E-state index in [-0.39, 0.29) is 5.54 Å². The fourth-order valence-corrected chi connectivity index (χ4v) is 9.28. The first kappa shape index (κ1) is 28.3. The summed E-state index contributed by atoms with van der Waals surface area (Å²) in [4.78, 5) is 2.70. The van der Waals surface area contributed by atoms with Gasteiger partial charge in [0.1, 0.15) is 0 Å². The second kappa shape index (κ2) is 11.2. The lowest BCUT2D eigenvalue weighted by molar-refractivity contribution is 0.756. The van der Waals surface area contributed by atoms with Gasteiger partial charge in [-0.3, -0.25) is 0 Å². The van der Waals surface area contributed by atoms with Crippen LogP contribution in [0.5, 0.6) is 0 Å². The lowest BCUT2D eigenvalue weighted by Gasteiger charge is -2.37. The van der Waals surface area contributed by atoms with Gasteiger partial charge in [0.2, 0.25) is 0 Å². The molecule has 0 aliphatic heterocycles. The van der Waals surface area contributed by atoms with Gasteiger partial charge in [0, 0.05) is 48.3 Å².